The average Bonchev–Trinajstić information content (AvgIpc) is 2.62. The molecule has 1 fully saturated rings. The normalized spacial score (nSPS) is 37.5. The predicted octanol–water partition coefficient (Wildman–Crippen LogP) is -0.935. The van der Waals surface area contributed by atoms with Crippen LogP contribution in [0.4, 0.5) is 0 Å². The van der Waals surface area contributed by atoms with Gasteiger partial charge in [-0.2, -0.15) is 0 Å². The minimum atomic E-state index is -1.85. The summed E-state index contributed by atoms with van der Waals surface area (Å²) in [5.41, 5.74) is -1.28. The molecule has 0 heterocycles. The molecular weight excluding hydrogens is 160 g/mol. The predicted molar refractivity (Wildman–Crippen MR) is 42.1 cm³/mol. The Morgan fingerprint density at radius 3 is 2.00 bits per heavy atom. The van der Waals surface area contributed by atoms with E-state index in [1.54, 1.807) is 0 Å². The third-order valence-corrected chi connectivity index (χ3v) is 2.63. The average molecular weight is 176 g/mol. The van der Waals surface area contributed by atoms with Crippen LogP contribution in [0.25, 0.3) is 0 Å². The van der Waals surface area contributed by atoms with E-state index in [2.05, 4.69) is 0 Å². The highest BCUT2D eigenvalue weighted by molar-refractivity contribution is 5.09. The molecule has 72 valence electrons. The third-order valence-electron chi connectivity index (χ3n) is 2.63. The molecule has 0 spiro atoms. The van der Waals surface area contributed by atoms with Crippen molar-refractivity contribution < 1.29 is 20.4 Å². The molecule has 0 radical (unpaired) electrons. The van der Waals surface area contributed by atoms with Crippen molar-refractivity contribution in [3.8, 4) is 0 Å². The van der Waals surface area contributed by atoms with E-state index in [1.165, 1.54) is 0 Å². The van der Waals surface area contributed by atoms with Crippen molar-refractivity contribution in [2.75, 3.05) is 0 Å². The van der Waals surface area contributed by atoms with Gasteiger partial charge in [-0.3, -0.25) is 0 Å². The number of rotatable bonds is 3. The molecule has 0 aromatic rings. The molecule has 4 nitrogen and oxygen atoms in total. The van der Waals surface area contributed by atoms with Gasteiger partial charge in [0.15, 0.2) is 6.29 Å². The SMILES string of the molecule is CC(C)C1CC1(O)[C@@H](O)C(O)O. The maximum atomic E-state index is 9.63. The van der Waals surface area contributed by atoms with Crippen molar-refractivity contribution in [2.24, 2.45) is 11.8 Å². The molecule has 0 bridgehead atoms. The Labute approximate surface area is 71.5 Å². The zero-order valence-electron chi connectivity index (χ0n) is 7.31. The van der Waals surface area contributed by atoms with Gasteiger partial charge in [0.2, 0.25) is 0 Å². The van der Waals surface area contributed by atoms with Crippen LogP contribution in [-0.4, -0.2) is 38.4 Å². The lowest BCUT2D eigenvalue weighted by molar-refractivity contribution is -0.170. The van der Waals surface area contributed by atoms with Gasteiger partial charge in [-0.05, 0) is 18.3 Å². The zero-order valence-corrected chi connectivity index (χ0v) is 7.31. The molecule has 1 saturated carbocycles. The van der Waals surface area contributed by atoms with Crippen LogP contribution in [0.5, 0.6) is 0 Å². The Morgan fingerprint density at radius 2 is 1.75 bits per heavy atom. The molecule has 2 unspecified atom stereocenters. The molecule has 0 aliphatic heterocycles. The van der Waals surface area contributed by atoms with Gasteiger partial charge in [-0.15, -0.1) is 0 Å². The molecule has 0 aromatic heterocycles. The molecule has 1 rings (SSSR count). The van der Waals surface area contributed by atoms with E-state index in [4.69, 9.17) is 10.2 Å². The lowest BCUT2D eigenvalue weighted by Crippen LogP contribution is -2.40. The molecule has 0 saturated heterocycles. The summed E-state index contributed by atoms with van der Waals surface area (Å²) < 4.78 is 0. The second-order valence-electron chi connectivity index (χ2n) is 3.90. The summed E-state index contributed by atoms with van der Waals surface area (Å²) in [6.07, 6.45) is -2.84. The Hall–Kier alpha value is -0.160. The summed E-state index contributed by atoms with van der Waals surface area (Å²) in [6, 6.07) is 0. The van der Waals surface area contributed by atoms with Crippen molar-refractivity contribution in [1.29, 1.82) is 0 Å². The topological polar surface area (TPSA) is 80.9 Å². The fourth-order valence-electron chi connectivity index (χ4n) is 1.70. The first-order chi connectivity index (χ1) is 5.39. The van der Waals surface area contributed by atoms with E-state index in [0.29, 0.717) is 6.42 Å². The second kappa shape index (κ2) is 2.96. The fraction of sp³-hybridized carbons (Fsp3) is 1.00. The first kappa shape index (κ1) is 9.92. The maximum absolute atomic E-state index is 9.63. The van der Waals surface area contributed by atoms with Gasteiger partial charge < -0.3 is 20.4 Å². The molecule has 4 N–H and O–H groups in total. The van der Waals surface area contributed by atoms with E-state index < -0.39 is 18.0 Å². The smallest absolute Gasteiger partial charge is 0.181 e. The Kier molecular flexibility index (Phi) is 2.45. The molecular formula is C8H16O4. The Bertz CT molecular complexity index is 168. The first-order valence-corrected chi connectivity index (χ1v) is 4.16. The van der Waals surface area contributed by atoms with Crippen LogP contribution in [0.3, 0.4) is 0 Å². The van der Waals surface area contributed by atoms with Gasteiger partial charge >= 0.3 is 0 Å². The zero-order chi connectivity index (χ0) is 9.52. The minimum Gasteiger partial charge on any atom is -0.387 e. The second-order valence-corrected chi connectivity index (χ2v) is 3.90. The molecule has 0 aromatic carbocycles. The molecule has 0 amide bonds. The van der Waals surface area contributed by atoms with Crippen molar-refractivity contribution >= 4 is 0 Å². The number of aliphatic hydroxyl groups excluding tert-OH is 2. The summed E-state index contributed by atoms with van der Waals surface area (Å²) in [7, 11) is 0. The summed E-state index contributed by atoms with van der Waals surface area (Å²) in [4.78, 5) is 0. The summed E-state index contributed by atoms with van der Waals surface area (Å²) in [6.45, 7) is 3.86. The van der Waals surface area contributed by atoms with Crippen LogP contribution in [0.1, 0.15) is 20.3 Å². The third kappa shape index (κ3) is 1.47. The standard InChI is InChI=1S/C8H16O4/c1-4(2)5-3-8(5,12)6(9)7(10)11/h4-7,9-12H,3H2,1-2H3/t5?,6-,8?/m0/s1. The molecule has 1 aliphatic carbocycles. The summed E-state index contributed by atoms with van der Waals surface area (Å²) in [5, 5.41) is 36.1. The minimum absolute atomic E-state index is 0.0192. The molecule has 4 heteroatoms. The van der Waals surface area contributed by atoms with Crippen LogP contribution in [-0.2, 0) is 0 Å². The van der Waals surface area contributed by atoms with Crippen LogP contribution < -0.4 is 0 Å². The highest BCUT2D eigenvalue weighted by Gasteiger charge is 2.60. The van der Waals surface area contributed by atoms with Crippen molar-refractivity contribution in [2.45, 2.75) is 38.3 Å². The Morgan fingerprint density at radius 1 is 1.25 bits per heavy atom. The van der Waals surface area contributed by atoms with Crippen LogP contribution in [0, 0.1) is 11.8 Å². The van der Waals surface area contributed by atoms with Gasteiger partial charge in [0, 0.05) is 0 Å². The largest absolute Gasteiger partial charge is 0.387 e. The van der Waals surface area contributed by atoms with E-state index in [1.807, 2.05) is 13.8 Å². The highest BCUT2D eigenvalue weighted by atomic mass is 16.5. The van der Waals surface area contributed by atoms with E-state index >= 15 is 0 Å². The lowest BCUT2D eigenvalue weighted by Gasteiger charge is -2.20. The van der Waals surface area contributed by atoms with Gasteiger partial charge in [-0.25, -0.2) is 0 Å². The van der Waals surface area contributed by atoms with Gasteiger partial charge in [0.05, 0.1) is 5.60 Å². The van der Waals surface area contributed by atoms with Crippen LogP contribution >= 0.6 is 0 Å². The molecule has 3 atom stereocenters. The quantitative estimate of drug-likeness (QED) is 0.419. The molecule has 1 aliphatic rings. The van der Waals surface area contributed by atoms with Crippen LogP contribution in [0.15, 0.2) is 0 Å². The summed E-state index contributed by atoms with van der Waals surface area (Å²) >= 11 is 0. The van der Waals surface area contributed by atoms with Crippen LogP contribution in [0.2, 0.25) is 0 Å². The number of hydrogen-bond donors (Lipinski definition) is 4. The summed E-state index contributed by atoms with van der Waals surface area (Å²) in [5.74, 6) is 0.234. The van der Waals surface area contributed by atoms with Gasteiger partial charge in [0.1, 0.15) is 6.10 Å². The Balaban J connectivity index is 2.54. The van der Waals surface area contributed by atoms with Gasteiger partial charge in [-0.1, -0.05) is 13.8 Å². The number of hydrogen-bond acceptors (Lipinski definition) is 4. The number of aliphatic hydroxyl groups is 4. The molecule has 12 heavy (non-hydrogen) atoms. The van der Waals surface area contributed by atoms with Gasteiger partial charge in [0.25, 0.3) is 0 Å². The first-order valence-electron chi connectivity index (χ1n) is 4.16. The van der Waals surface area contributed by atoms with Crippen molar-refractivity contribution in [3.63, 3.8) is 0 Å². The van der Waals surface area contributed by atoms with E-state index in [0.717, 1.165) is 0 Å². The van der Waals surface area contributed by atoms with E-state index in [9.17, 15) is 10.2 Å². The fourth-order valence-corrected chi connectivity index (χ4v) is 1.70. The highest BCUT2D eigenvalue weighted by Crippen LogP contribution is 2.50. The lowest BCUT2D eigenvalue weighted by atomic mass is 10.0. The van der Waals surface area contributed by atoms with E-state index in [-0.39, 0.29) is 11.8 Å². The maximum Gasteiger partial charge on any atom is 0.181 e. The van der Waals surface area contributed by atoms with Crippen molar-refractivity contribution in [3.05, 3.63) is 0 Å². The monoisotopic (exact) mass is 176 g/mol. The van der Waals surface area contributed by atoms with Crippen molar-refractivity contribution in [1.82, 2.24) is 0 Å².